The number of ether oxygens (including phenoxy) is 3. The molecule has 8 heteroatoms. The lowest BCUT2D eigenvalue weighted by Gasteiger charge is -2.26. The Labute approximate surface area is 214 Å². The summed E-state index contributed by atoms with van der Waals surface area (Å²) in [6.45, 7) is 5.42. The highest BCUT2D eigenvalue weighted by molar-refractivity contribution is 6.51. The normalized spacial score (nSPS) is 18.4. The van der Waals surface area contributed by atoms with Crippen LogP contribution in [0.5, 0.6) is 23.0 Å². The molecule has 1 fully saturated rings. The molecule has 1 saturated heterocycles. The van der Waals surface area contributed by atoms with Crippen molar-refractivity contribution in [2.75, 3.05) is 24.7 Å². The van der Waals surface area contributed by atoms with Gasteiger partial charge in [-0.25, -0.2) is 0 Å². The van der Waals surface area contributed by atoms with Gasteiger partial charge < -0.3 is 24.4 Å². The minimum Gasteiger partial charge on any atom is -0.508 e. The first-order valence-corrected chi connectivity index (χ1v) is 12.1. The van der Waals surface area contributed by atoms with Crippen LogP contribution in [0.1, 0.15) is 31.0 Å². The molecule has 1 unspecified atom stereocenters. The number of rotatable bonds is 6. The van der Waals surface area contributed by atoms with Crippen molar-refractivity contribution < 1.29 is 34.0 Å². The average Bonchev–Trinajstić information content (AvgIpc) is 3.17. The Bertz CT molecular complexity index is 1380. The highest BCUT2D eigenvalue weighted by Crippen LogP contribution is 2.44. The van der Waals surface area contributed by atoms with Gasteiger partial charge in [-0.3, -0.25) is 14.5 Å². The summed E-state index contributed by atoms with van der Waals surface area (Å²) in [6.07, 6.45) is 0. The zero-order valence-electron chi connectivity index (χ0n) is 20.5. The molecule has 3 aromatic rings. The lowest BCUT2D eigenvalue weighted by Crippen LogP contribution is -2.29. The minimum atomic E-state index is -0.970. The van der Waals surface area contributed by atoms with Gasteiger partial charge in [-0.1, -0.05) is 26.0 Å². The summed E-state index contributed by atoms with van der Waals surface area (Å²) in [5.74, 6) is -0.0296. The second-order valence-electron chi connectivity index (χ2n) is 9.32. The van der Waals surface area contributed by atoms with E-state index in [-0.39, 0.29) is 17.1 Å². The van der Waals surface area contributed by atoms with Crippen LogP contribution in [0.2, 0.25) is 0 Å². The van der Waals surface area contributed by atoms with E-state index in [1.54, 1.807) is 54.6 Å². The number of hydrogen-bond donors (Lipinski definition) is 2. The number of aromatic hydroxyl groups is 1. The SMILES string of the molecule is CC(C)COc1ccc(N2C(=O)C(=O)/C(=C(\O)c3ccc4c(c3)OCCO4)C2c2cccc(O)c2)cc1. The fourth-order valence-corrected chi connectivity index (χ4v) is 4.42. The van der Waals surface area contributed by atoms with E-state index in [4.69, 9.17) is 14.2 Å². The first kappa shape index (κ1) is 24.2. The number of carbonyl (C=O) groups is 2. The van der Waals surface area contributed by atoms with Crippen LogP contribution < -0.4 is 19.1 Å². The maximum absolute atomic E-state index is 13.4. The molecule has 2 aliphatic heterocycles. The van der Waals surface area contributed by atoms with E-state index in [0.717, 1.165) is 0 Å². The van der Waals surface area contributed by atoms with Crippen LogP contribution in [-0.4, -0.2) is 41.7 Å². The molecule has 2 N–H and O–H groups in total. The van der Waals surface area contributed by atoms with Crippen LogP contribution in [-0.2, 0) is 9.59 Å². The standard InChI is InChI=1S/C29H27NO7/c1-17(2)16-37-22-9-7-20(8-10-22)30-26(18-4-3-5-21(31)14-18)25(28(33)29(30)34)27(32)19-6-11-23-24(15-19)36-13-12-35-23/h3-11,14-15,17,26,31-32H,12-13,16H2,1-2H3/b27-25-. The molecule has 190 valence electrons. The van der Waals surface area contributed by atoms with E-state index in [2.05, 4.69) is 0 Å². The predicted molar refractivity (Wildman–Crippen MR) is 137 cm³/mol. The number of ketones is 1. The number of benzene rings is 3. The van der Waals surface area contributed by atoms with Crippen molar-refractivity contribution in [2.24, 2.45) is 5.92 Å². The second kappa shape index (κ2) is 9.89. The smallest absolute Gasteiger partial charge is 0.300 e. The van der Waals surface area contributed by atoms with Crippen molar-refractivity contribution in [3.05, 3.63) is 83.4 Å². The molecule has 5 rings (SSSR count). The van der Waals surface area contributed by atoms with Crippen LogP contribution in [0, 0.1) is 5.92 Å². The molecule has 0 bridgehead atoms. The molecular weight excluding hydrogens is 474 g/mol. The third-order valence-corrected chi connectivity index (χ3v) is 6.14. The third-order valence-electron chi connectivity index (χ3n) is 6.14. The molecule has 1 atom stereocenters. The van der Waals surface area contributed by atoms with Gasteiger partial charge in [0.25, 0.3) is 11.7 Å². The summed E-state index contributed by atoms with van der Waals surface area (Å²) in [5, 5.41) is 21.5. The monoisotopic (exact) mass is 501 g/mol. The Morgan fingerprint density at radius 1 is 1.00 bits per heavy atom. The molecule has 0 saturated carbocycles. The van der Waals surface area contributed by atoms with Crippen LogP contribution in [0.3, 0.4) is 0 Å². The molecule has 2 aliphatic rings. The summed E-state index contributed by atoms with van der Waals surface area (Å²) in [6, 6.07) is 17.0. The van der Waals surface area contributed by atoms with Crippen molar-refractivity contribution in [3.63, 3.8) is 0 Å². The van der Waals surface area contributed by atoms with Crippen molar-refractivity contribution in [1.82, 2.24) is 0 Å². The highest BCUT2D eigenvalue weighted by atomic mass is 16.6. The fourth-order valence-electron chi connectivity index (χ4n) is 4.42. The number of phenolic OH excluding ortho intramolecular Hbond substituents is 1. The topological polar surface area (TPSA) is 106 Å². The Kier molecular flexibility index (Phi) is 6.48. The molecule has 8 nitrogen and oxygen atoms in total. The van der Waals surface area contributed by atoms with Gasteiger partial charge in [0.1, 0.15) is 30.5 Å². The van der Waals surface area contributed by atoms with Gasteiger partial charge in [0.2, 0.25) is 0 Å². The number of fused-ring (bicyclic) bond motifs is 1. The largest absolute Gasteiger partial charge is 0.508 e. The molecule has 1 amide bonds. The van der Waals surface area contributed by atoms with Gasteiger partial charge in [-0.15, -0.1) is 0 Å². The van der Waals surface area contributed by atoms with Gasteiger partial charge in [-0.05, 0) is 66.1 Å². The number of anilines is 1. The molecule has 0 spiro atoms. The summed E-state index contributed by atoms with van der Waals surface area (Å²) in [7, 11) is 0. The Morgan fingerprint density at radius 2 is 1.73 bits per heavy atom. The van der Waals surface area contributed by atoms with Crippen LogP contribution in [0.4, 0.5) is 5.69 Å². The number of phenols is 1. The number of Topliss-reactive ketones (excluding diaryl/α,β-unsaturated/α-hetero) is 1. The third kappa shape index (κ3) is 4.70. The second-order valence-corrected chi connectivity index (χ2v) is 9.32. The van der Waals surface area contributed by atoms with Gasteiger partial charge in [-0.2, -0.15) is 0 Å². The highest BCUT2D eigenvalue weighted by Gasteiger charge is 2.47. The molecule has 0 radical (unpaired) electrons. The van der Waals surface area contributed by atoms with Gasteiger partial charge in [0.15, 0.2) is 11.5 Å². The number of nitrogens with zero attached hydrogens (tertiary/aromatic N) is 1. The summed E-state index contributed by atoms with van der Waals surface area (Å²) in [4.78, 5) is 28.0. The maximum atomic E-state index is 13.4. The van der Waals surface area contributed by atoms with E-state index in [9.17, 15) is 19.8 Å². The van der Waals surface area contributed by atoms with E-state index in [1.165, 1.54) is 17.0 Å². The Morgan fingerprint density at radius 3 is 2.43 bits per heavy atom. The summed E-state index contributed by atoms with van der Waals surface area (Å²) < 4.78 is 16.9. The summed E-state index contributed by atoms with van der Waals surface area (Å²) in [5.41, 5.74) is 1.14. The molecule has 3 aromatic carbocycles. The Balaban J connectivity index is 1.60. The molecular formula is C29H27NO7. The van der Waals surface area contributed by atoms with Crippen molar-refractivity contribution in [1.29, 1.82) is 0 Å². The van der Waals surface area contributed by atoms with Crippen molar-refractivity contribution in [2.45, 2.75) is 19.9 Å². The lowest BCUT2D eigenvalue weighted by atomic mass is 9.95. The van der Waals surface area contributed by atoms with Crippen LogP contribution in [0.25, 0.3) is 5.76 Å². The van der Waals surface area contributed by atoms with Crippen molar-refractivity contribution >= 4 is 23.1 Å². The minimum absolute atomic E-state index is 0.0279. The van der Waals surface area contributed by atoms with Crippen molar-refractivity contribution in [3.8, 4) is 23.0 Å². The van der Waals surface area contributed by atoms with E-state index in [0.29, 0.717) is 59.8 Å². The first-order chi connectivity index (χ1) is 17.8. The number of carbonyl (C=O) groups excluding carboxylic acids is 2. The van der Waals surface area contributed by atoms with Gasteiger partial charge in [0, 0.05) is 11.3 Å². The maximum Gasteiger partial charge on any atom is 0.300 e. The predicted octanol–water partition coefficient (Wildman–Crippen LogP) is 4.82. The zero-order chi connectivity index (χ0) is 26.1. The van der Waals surface area contributed by atoms with Crippen LogP contribution in [0.15, 0.2) is 72.3 Å². The fraction of sp³-hybridized carbons (Fsp3) is 0.241. The zero-order valence-corrected chi connectivity index (χ0v) is 20.5. The number of aliphatic hydroxyl groups excluding tert-OH is 1. The molecule has 2 heterocycles. The molecule has 0 aliphatic carbocycles. The first-order valence-electron chi connectivity index (χ1n) is 12.1. The Hall–Kier alpha value is -4.46. The molecule has 0 aromatic heterocycles. The number of aliphatic hydroxyl groups is 1. The average molecular weight is 502 g/mol. The number of amides is 1. The van der Waals surface area contributed by atoms with E-state index < -0.39 is 17.7 Å². The lowest BCUT2D eigenvalue weighted by molar-refractivity contribution is -0.132. The van der Waals surface area contributed by atoms with Gasteiger partial charge in [0.05, 0.1) is 18.2 Å². The van der Waals surface area contributed by atoms with Gasteiger partial charge >= 0.3 is 0 Å². The van der Waals surface area contributed by atoms with E-state index >= 15 is 0 Å². The van der Waals surface area contributed by atoms with E-state index in [1.807, 2.05) is 13.8 Å². The number of hydrogen-bond acceptors (Lipinski definition) is 7. The summed E-state index contributed by atoms with van der Waals surface area (Å²) >= 11 is 0. The quantitative estimate of drug-likeness (QED) is 0.283. The molecule has 37 heavy (non-hydrogen) atoms. The van der Waals surface area contributed by atoms with Crippen LogP contribution >= 0.6 is 0 Å².